The maximum absolute atomic E-state index is 10.1. The van der Waals surface area contributed by atoms with Crippen molar-refractivity contribution >= 4 is 16.8 Å². The first kappa shape index (κ1) is 7.82. The van der Waals surface area contributed by atoms with Crippen LogP contribution in [0.25, 0.3) is 0 Å². The summed E-state index contributed by atoms with van der Waals surface area (Å²) in [7, 11) is 0.363. The largest absolute Gasteiger partial charge is 0.370 e. The monoisotopic (exact) mass is 134 g/mol. The lowest BCUT2D eigenvalue weighted by Gasteiger charge is -1.90. The van der Waals surface area contributed by atoms with Crippen LogP contribution in [0.4, 0.5) is 0 Å². The minimum absolute atomic E-state index is 0.189. The van der Waals surface area contributed by atoms with Gasteiger partial charge in [-0.1, -0.05) is 0 Å². The number of rotatable bonds is 3. The molecule has 2 nitrogen and oxygen atoms in total. The third kappa shape index (κ3) is 5.82. The fourth-order valence-electron chi connectivity index (χ4n) is 0.305. The number of primary amides is 1. The van der Waals surface area contributed by atoms with E-state index in [9.17, 15) is 4.79 Å². The molecule has 0 aliphatic heterocycles. The quantitative estimate of drug-likeness (QED) is 0.531. The highest BCUT2D eigenvalue weighted by molar-refractivity contribution is 7.95. The van der Waals surface area contributed by atoms with Gasteiger partial charge in [-0.2, -0.15) is 0 Å². The Balaban J connectivity index is 3.05. The zero-order valence-electron chi connectivity index (χ0n) is 5.31. The highest BCUT2D eigenvalue weighted by Gasteiger charge is 2.03. The molecule has 0 aromatic carbocycles. The molecule has 0 saturated heterocycles. The second-order valence-electron chi connectivity index (χ2n) is 1.91. The van der Waals surface area contributed by atoms with E-state index in [1.54, 1.807) is 0 Å². The van der Waals surface area contributed by atoms with Gasteiger partial charge in [0.1, 0.15) is 5.75 Å². The van der Waals surface area contributed by atoms with Gasteiger partial charge in [0, 0.05) is 0 Å². The van der Waals surface area contributed by atoms with Gasteiger partial charge in [-0.05, 0) is 10.9 Å². The minimum Gasteiger partial charge on any atom is -0.370 e. The smallest absolute Gasteiger partial charge is 0.222 e. The number of carbonyl (C=O) groups is 1. The van der Waals surface area contributed by atoms with Crippen LogP contribution in [0, 0.1) is 0 Å². The van der Waals surface area contributed by atoms with E-state index in [2.05, 4.69) is 12.5 Å². The van der Waals surface area contributed by atoms with E-state index in [4.69, 9.17) is 5.73 Å². The van der Waals surface area contributed by atoms with E-state index >= 15 is 0 Å². The lowest BCUT2D eigenvalue weighted by molar-refractivity contribution is -0.117. The summed E-state index contributed by atoms with van der Waals surface area (Å²) in [6.07, 6.45) is 4.74. The average Bonchev–Trinajstić information content (AvgIpc) is 1.61. The number of carbonyl (C=O) groups excluding carboxylic acids is 1. The number of hydrogen-bond acceptors (Lipinski definition) is 1. The first-order valence-electron chi connectivity index (χ1n) is 2.45. The Morgan fingerprint density at radius 2 is 2.12 bits per heavy atom. The van der Waals surface area contributed by atoms with Crippen LogP contribution < -0.4 is 5.73 Å². The first-order valence-corrected chi connectivity index (χ1v) is 4.66. The molecule has 0 aromatic heterocycles. The van der Waals surface area contributed by atoms with Crippen LogP contribution in [0.1, 0.15) is 6.42 Å². The molecule has 0 atom stereocenters. The van der Waals surface area contributed by atoms with Crippen molar-refractivity contribution in [2.75, 3.05) is 18.3 Å². The van der Waals surface area contributed by atoms with Crippen LogP contribution in [-0.2, 0) is 15.7 Å². The van der Waals surface area contributed by atoms with Crippen LogP contribution in [0.5, 0.6) is 0 Å². The van der Waals surface area contributed by atoms with Gasteiger partial charge in [-0.15, -0.1) is 0 Å². The molecular formula is C5H12NOS+. The molecule has 0 saturated carbocycles. The van der Waals surface area contributed by atoms with E-state index in [1.807, 2.05) is 0 Å². The van der Waals surface area contributed by atoms with E-state index in [0.29, 0.717) is 17.3 Å². The summed E-state index contributed by atoms with van der Waals surface area (Å²) >= 11 is 0. The molecular weight excluding hydrogens is 122 g/mol. The molecule has 0 aliphatic rings. The van der Waals surface area contributed by atoms with E-state index in [-0.39, 0.29) is 5.91 Å². The maximum atomic E-state index is 10.1. The van der Waals surface area contributed by atoms with Crippen LogP contribution >= 0.6 is 0 Å². The van der Waals surface area contributed by atoms with Crippen molar-refractivity contribution in [3.05, 3.63) is 0 Å². The molecule has 0 rings (SSSR count). The second kappa shape index (κ2) is 3.78. The molecule has 0 aliphatic carbocycles. The van der Waals surface area contributed by atoms with Gasteiger partial charge in [0.25, 0.3) is 0 Å². The zero-order valence-corrected chi connectivity index (χ0v) is 6.12. The zero-order chi connectivity index (χ0) is 6.57. The van der Waals surface area contributed by atoms with Gasteiger partial charge < -0.3 is 5.73 Å². The molecule has 3 heteroatoms. The standard InChI is InChI=1S/C5H11NOS/c1-8(2)4-3-5(6)7/h3-4H2,1-2H3,(H-,6,7)/p+1. The summed E-state index contributed by atoms with van der Waals surface area (Å²) in [6, 6.07) is 0. The van der Waals surface area contributed by atoms with Crippen LogP contribution in [-0.4, -0.2) is 24.2 Å². The predicted octanol–water partition coefficient (Wildman–Crippen LogP) is -0.260. The molecule has 0 radical (unpaired) electrons. The Kier molecular flexibility index (Phi) is 3.69. The van der Waals surface area contributed by atoms with E-state index in [0.717, 1.165) is 5.75 Å². The summed E-state index contributed by atoms with van der Waals surface area (Å²) in [5.41, 5.74) is 4.91. The molecule has 0 aromatic rings. The number of amides is 1. The Bertz CT molecular complexity index is 82.5. The van der Waals surface area contributed by atoms with Crippen LogP contribution in [0.3, 0.4) is 0 Å². The Labute approximate surface area is 52.8 Å². The predicted molar refractivity (Wildman–Crippen MR) is 37.9 cm³/mol. The molecule has 48 valence electrons. The van der Waals surface area contributed by atoms with Crippen molar-refractivity contribution in [3.63, 3.8) is 0 Å². The van der Waals surface area contributed by atoms with E-state index in [1.165, 1.54) is 0 Å². The molecule has 1 amide bonds. The molecule has 0 heterocycles. The van der Waals surface area contributed by atoms with Crippen molar-refractivity contribution in [2.45, 2.75) is 6.42 Å². The van der Waals surface area contributed by atoms with Crippen LogP contribution in [0.2, 0.25) is 0 Å². The molecule has 8 heavy (non-hydrogen) atoms. The van der Waals surface area contributed by atoms with Gasteiger partial charge in [-0.25, -0.2) is 0 Å². The van der Waals surface area contributed by atoms with Crippen molar-refractivity contribution in [1.29, 1.82) is 0 Å². The van der Waals surface area contributed by atoms with E-state index < -0.39 is 0 Å². The summed E-state index contributed by atoms with van der Waals surface area (Å²) in [5.74, 6) is 0.751. The molecule has 0 bridgehead atoms. The fourth-order valence-corrected chi connectivity index (χ4v) is 0.914. The lowest BCUT2D eigenvalue weighted by atomic mass is 10.5. The summed E-state index contributed by atoms with van der Waals surface area (Å²) in [5, 5.41) is 0. The average molecular weight is 134 g/mol. The van der Waals surface area contributed by atoms with Crippen molar-refractivity contribution in [3.8, 4) is 0 Å². The van der Waals surface area contributed by atoms with Gasteiger partial charge >= 0.3 is 0 Å². The maximum Gasteiger partial charge on any atom is 0.222 e. The normalized spacial score (nSPS) is 9.88. The lowest BCUT2D eigenvalue weighted by Crippen LogP contribution is -2.15. The molecule has 0 fully saturated rings. The van der Waals surface area contributed by atoms with Gasteiger partial charge in [0.2, 0.25) is 5.91 Å². The second-order valence-corrected chi connectivity index (χ2v) is 4.29. The van der Waals surface area contributed by atoms with Gasteiger partial charge in [0.15, 0.2) is 0 Å². The summed E-state index contributed by atoms with van der Waals surface area (Å²) in [6.45, 7) is 0. The SMILES string of the molecule is C[S+](C)CCC(N)=O. The van der Waals surface area contributed by atoms with Gasteiger partial charge in [-0.3, -0.25) is 4.79 Å². The Morgan fingerprint density at radius 3 is 2.25 bits per heavy atom. The van der Waals surface area contributed by atoms with Crippen molar-refractivity contribution in [2.24, 2.45) is 5.73 Å². The third-order valence-electron chi connectivity index (χ3n) is 0.757. The highest BCUT2D eigenvalue weighted by Crippen LogP contribution is 1.86. The van der Waals surface area contributed by atoms with Gasteiger partial charge in [0.05, 0.1) is 18.9 Å². The Morgan fingerprint density at radius 1 is 1.62 bits per heavy atom. The Hall–Kier alpha value is -0.180. The summed E-state index contributed by atoms with van der Waals surface area (Å²) in [4.78, 5) is 10.1. The fraction of sp³-hybridized carbons (Fsp3) is 0.800. The third-order valence-corrected chi connectivity index (χ3v) is 1.78. The molecule has 2 N–H and O–H groups in total. The first-order chi connectivity index (χ1) is 3.63. The molecule has 0 spiro atoms. The minimum atomic E-state index is -0.189. The van der Waals surface area contributed by atoms with Crippen molar-refractivity contribution in [1.82, 2.24) is 0 Å². The summed E-state index contributed by atoms with van der Waals surface area (Å²) < 4.78 is 0. The number of hydrogen-bond donors (Lipinski definition) is 1. The van der Waals surface area contributed by atoms with Crippen molar-refractivity contribution < 1.29 is 4.79 Å². The highest BCUT2D eigenvalue weighted by atomic mass is 32.2. The topological polar surface area (TPSA) is 43.1 Å². The molecule has 0 unspecified atom stereocenters. The number of nitrogens with two attached hydrogens (primary N) is 1. The van der Waals surface area contributed by atoms with Crippen LogP contribution in [0.15, 0.2) is 0 Å².